The van der Waals surface area contributed by atoms with Gasteiger partial charge in [0.05, 0.1) is 22.9 Å². The molecule has 1 aromatic carbocycles. The fraction of sp³-hybridized carbons (Fsp3) is 0.304. The van der Waals surface area contributed by atoms with Crippen molar-refractivity contribution in [2.75, 3.05) is 26.7 Å². The summed E-state index contributed by atoms with van der Waals surface area (Å²) in [6.07, 6.45) is 2.88. The van der Waals surface area contributed by atoms with Gasteiger partial charge in [0.15, 0.2) is 5.82 Å². The fourth-order valence-corrected chi connectivity index (χ4v) is 3.82. The van der Waals surface area contributed by atoms with Gasteiger partial charge < -0.3 is 14.9 Å². The van der Waals surface area contributed by atoms with Crippen LogP contribution in [0.4, 0.5) is 4.39 Å². The van der Waals surface area contributed by atoms with Gasteiger partial charge in [-0.15, -0.1) is 0 Å². The Morgan fingerprint density at radius 3 is 2.66 bits per heavy atom. The van der Waals surface area contributed by atoms with Crippen LogP contribution >= 0.6 is 0 Å². The third-order valence-electron chi connectivity index (χ3n) is 6.00. The van der Waals surface area contributed by atoms with Crippen LogP contribution in [0.15, 0.2) is 36.7 Å². The third kappa shape index (κ3) is 3.69. The summed E-state index contributed by atoms with van der Waals surface area (Å²) < 4.78 is 15.6. The Hall–Kier alpha value is -3.77. The van der Waals surface area contributed by atoms with Crippen molar-refractivity contribution in [2.24, 2.45) is 0 Å². The van der Waals surface area contributed by atoms with Crippen LogP contribution < -0.4 is 0 Å². The highest BCUT2D eigenvalue weighted by atomic mass is 19.1. The van der Waals surface area contributed by atoms with Crippen molar-refractivity contribution < 1.29 is 14.3 Å². The van der Waals surface area contributed by atoms with E-state index in [2.05, 4.69) is 21.9 Å². The second-order valence-corrected chi connectivity index (χ2v) is 7.99. The smallest absolute Gasteiger partial charge is 0.255 e. The molecule has 164 valence electrons. The van der Waals surface area contributed by atoms with Gasteiger partial charge >= 0.3 is 0 Å². The molecule has 1 fully saturated rings. The van der Waals surface area contributed by atoms with E-state index in [-0.39, 0.29) is 29.0 Å². The molecule has 0 saturated carbocycles. The topological polar surface area (TPSA) is 98.3 Å². The quantitative estimate of drug-likeness (QED) is 0.681. The summed E-state index contributed by atoms with van der Waals surface area (Å²) in [6, 6.07) is 8.29. The molecule has 2 aromatic heterocycles. The maximum Gasteiger partial charge on any atom is 0.255 e. The molecule has 0 unspecified atom stereocenters. The number of amides is 1. The van der Waals surface area contributed by atoms with Crippen LogP contribution in [-0.2, 0) is 0 Å². The number of halogens is 1. The Kier molecular flexibility index (Phi) is 5.63. The number of carbonyl (C=O) groups is 1. The highest BCUT2D eigenvalue weighted by molar-refractivity contribution is 5.94. The summed E-state index contributed by atoms with van der Waals surface area (Å²) >= 11 is 0. The van der Waals surface area contributed by atoms with E-state index in [4.69, 9.17) is 5.26 Å². The van der Waals surface area contributed by atoms with Crippen molar-refractivity contribution in [1.29, 1.82) is 5.26 Å². The lowest BCUT2D eigenvalue weighted by Gasteiger charge is -2.37. The van der Waals surface area contributed by atoms with E-state index in [0.717, 1.165) is 6.54 Å². The summed E-state index contributed by atoms with van der Waals surface area (Å²) in [6.45, 7) is 5.75. The number of hydrogen-bond donors (Lipinski definition) is 1. The largest absolute Gasteiger partial charge is 0.493 e. The van der Waals surface area contributed by atoms with Crippen molar-refractivity contribution in [1.82, 2.24) is 24.6 Å². The van der Waals surface area contributed by atoms with E-state index in [9.17, 15) is 14.3 Å². The molecule has 1 aliphatic heterocycles. The Bertz CT molecular complexity index is 1210. The molecule has 1 amide bonds. The molecular formula is C23H23FN6O2. The van der Waals surface area contributed by atoms with Crippen molar-refractivity contribution >= 4 is 5.91 Å². The predicted octanol–water partition coefficient (Wildman–Crippen LogP) is 2.74. The van der Waals surface area contributed by atoms with Gasteiger partial charge in [0.25, 0.3) is 5.91 Å². The molecule has 3 aromatic rings. The zero-order valence-electron chi connectivity index (χ0n) is 18.1. The minimum Gasteiger partial charge on any atom is -0.493 e. The average molecular weight is 434 g/mol. The number of carbonyl (C=O) groups excluding carboxylic acids is 1. The third-order valence-corrected chi connectivity index (χ3v) is 6.00. The number of aromatic nitrogens is 3. The number of likely N-dealkylation sites (N-methyl/N-ethyl adjacent to an activating group) is 1. The van der Waals surface area contributed by atoms with Gasteiger partial charge in [-0.05, 0) is 50.2 Å². The van der Waals surface area contributed by atoms with Gasteiger partial charge in [-0.1, -0.05) is 6.07 Å². The first-order valence-corrected chi connectivity index (χ1v) is 10.2. The fourth-order valence-electron chi connectivity index (χ4n) is 3.82. The Balaban J connectivity index is 1.59. The summed E-state index contributed by atoms with van der Waals surface area (Å²) in [4.78, 5) is 21.1. The molecule has 32 heavy (non-hydrogen) atoms. The van der Waals surface area contributed by atoms with Crippen LogP contribution in [-0.4, -0.2) is 68.3 Å². The van der Waals surface area contributed by atoms with E-state index < -0.39 is 5.82 Å². The number of hydrogen-bond acceptors (Lipinski definition) is 6. The second-order valence-electron chi connectivity index (χ2n) is 7.99. The predicted molar refractivity (Wildman–Crippen MR) is 116 cm³/mol. The molecule has 0 radical (unpaired) electrons. The zero-order valence-corrected chi connectivity index (χ0v) is 18.1. The zero-order chi connectivity index (χ0) is 23.0. The summed E-state index contributed by atoms with van der Waals surface area (Å²) in [5, 5.41) is 23.9. The van der Waals surface area contributed by atoms with E-state index in [1.165, 1.54) is 23.1 Å². The first-order chi connectivity index (χ1) is 15.3. The van der Waals surface area contributed by atoms with Crippen molar-refractivity contribution in [3.05, 3.63) is 59.2 Å². The van der Waals surface area contributed by atoms with Crippen LogP contribution in [0.2, 0.25) is 0 Å². The van der Waals surface area contributed by atoms with Crippen LogP contribution in [0.25, 0.3) is 16.9 Å². The minimum absolute atomic E-state index is 0.0604. The SMILES string of the molecule is Cc1c(-c2cnn(-c3ccc(C(=O)N4CCN(C)[C@H](C)C4)cn3)c2O)ccc(C#N)c1F. The monoisotopic (exact) mass is 434 g/mol. The van der Waals surface area contributed by atoms with E-state index in [1.54, 1.807) is 31.2 Å². The second kappa shape index (κ2) is 8.40. The molecule has 4 rings (SSSR count). The molecule has 0 aliphatic carbocycles. The highest BCUT2D eigenvalue weighted by Crippen LogP contribution is 2.34. The van der Waals surface area contributed by atoms with E-state index in [1.807, 2.05) is 11.9 Å². The summed E-state index contributed by atoms with van der Waals surface area (Å²) in [5.41, 5.74) is 1.40. The lowest BCUT2D eigenvalue weighted by molar-refractivity contribution is 0.0572. The molecular weight excluding hydrogens is 411 g/mol. The van der Waals surface area contributed by atoms with Gasteiger partial charge in [0, 0.05) is 31.9 Å². The van der Waals surface area contributed by atoms with Crippen LogP contribution in [0.3, 0.4) is 0 Å². The molecule has 1 saturated heterocycles. The molecule has 0 bridgehead atoms. The standard InChI is InChI=1S/C23H23FN6O2/c1-14-13-29(9-8-28(14)3)22(31)17-5-7-20(26-11-17)30-23(32)19(12-27-30)18-6-4-16(10-25)21(24)15(18)2/h4-7,11-12,14,32H,8-9,13H2,1-3H3/t14-/m1/s1. The number of pyridine rings is 1. The van der Waals surface area contributed by atoms with Gasteiger partial charge in [-0.25, -0.2) is 9.37 Å². The van der Waals surface area contributed by atoms with Gasteiger partial charge in [0.2, 0.25) is 5.88 Å². The number of piperazine rings is 1. The lowest BCUT2D eigenvalue weighted by atomic mass is 10.00. The van der Waals surface area contributed by atoms with Crippen molar-refractivity contribution in [3.8, 4) is 28.9 Å². The maximum absolute atomic E-state index is 14.3. The number of aromatic hydroxyl groups is 1. The molecule has 0 spiro atoms. The Morgan fingerprint density at radius 1 is 1.22 bits per heavy atom. The first-order valence-electron chi connectivity index (χ1n) is 10.2. The van der Waals surface area contributed by atoms with E-state index >= 15 is 0 Å². The number of rotatable bonds is 3. The average Bonchev–Trinajstić information content (AvgIpc) is 3.18. The molecule has 8 nitrogen and oxygen atoms in total. The van der Waals surface area contributed by atoms with Gasteiger partial charge in [-0.2, -0.15) is 15.0 Å². The summed E-state index contributed by atoms with van der Waals surface area (Å²) in [5.74, 6) is -0.602. The maximum atomic E-state index is 14.3. The van der Waals surface area contributed by atoms with Crippen LogP contribution in [0.5, 0.6) is 5.88 Å². The van der Waals surface area contributed by atoms with Crippen molar-refractivity contribution in [3.63, 3.8) is 0 Å². The normalized spacial score (nSPS) is 16.7. The van der Waals surface area contributed by atoms with Gasteiger partial charge in [-0.3, -0.25) is 4.79 Å². The Morgan fingerprint density at radius 2 is 2.00 bits per heavy atom. The molecule has 9 heteroatoms. The lowest BCUT2D eigenvalue weighted by Crippen LogP contribution is -2.52. The first kappa shape index (κ1) is 21.5. The van der Waals surface area contributed by atoms with Gasteiger partial charge in [0.1, 0.15) is 11.9 Å². The van der Waals surface area contributed by atoms with Crippen LogP contribution in [0.1, 0.15) is 28.4 Å². The van der Waals surface area contributed by atoms with Crippen LogP contribution in [0, 0.1) is 24.1 Å². The number of nitrogens with zero attached hydrogens (tertiary/aromatic N) is 6. The summed E-state index contributed by atoms with van der Waals surface area (Å²) in [7, 11) is 2.04. The van der Waals surface area contributed by atoms with E-state index in [0.29, 0.717) is 35.6 Å². The molecule has 3 heterocycles. The molecule has 1 N–H and O–H groups in total. The molecule has 1 aliphatic rings. The van der Waals surface area contributed by atoms with Crippen molar-refractivity contribution in [2.45, 2.75) is 19.9 Å². The minimum atomic E-state index is -0.628. The number of benzene rings is 1. The Labute approximate surface area is 185 Å². The number of nitriles is 1. The highest BCUT2D eigenvalue weighted by Gasteiger charge is 2.25. The molecule has 1 atom stereocenters.